The van der Waals surface area contributed by atoms with E-state index in [1.165, 1.54) is 6.42 Å². The molecule has 1 aromatic rings. The highest BCUT2D eigenvalue weighted by atomic mass is 16.5. The third kappa shape index (κ3) is 2.45. The second-order valence-corrected chi connectivity index (χ2v) is 3.71. The van der Waals surface area contributed by atoms with Gasteiger partial charge >= 0.3 is 5.97 Å². The summed E-state index contributed by atoms with van der Waals surface area (Å²) in [5, 5.41) is 6.01. The van der Waals surface area contributed by atoms with Crippen molar-refractivity contribution in [2.24, 2.45) is 0 Å². The number of hydrogen-bond donors (Lipinski definition) is 2. The number of nitrogens with zero attached hydrogens (tertiary/aromatic N) is 2. The summed E-state index contributed by atoms with van der Waals surface area (Å²) in [6.07, 6.45) is 5.37. The number of nitrogen functional groups attached to an aromatic ring is 1. The molecular weight excluding hydrogens is 196 g/mol. The Hall–Kier alpha value is -1.59. The first-order valence-corrected chi connectivity index (χ1v) is 5.14. The maximum atomic E-state index is 11.5. The molecule has 0 aliphatic heterocycles. The van der Waals surface area contributed by atoms with Crippen LogP contribution in [-0.2, 0) is 4.74 Å². The lowest BCUT2D eigenvalue weighted by molar-refractivity contribution is 0.0198. The summed E-state index contributed by atoms with van der Waals surface area (Å²) in [5.41, 5.74) is 5.29. The van der Waals surface area contributed by atoms with Crippen LogP contribution in [0.25, 0.3) is 0 Å². The molecule has 82 valence electrons. The SMILES string of the molecule is Nc1n[nH]c(C(=O)OC2CCCCC2)n1. The standard InChI is InChI=1S/C9H14N4O2/c10-9-11-7(12-13-9)8(14)15-6-4-2-1-3-5-6/h6H,1-5H2,(H3,10,11,12,13). The summed E-state index contributed by atoms with van der Waals surface area (Å²) < 4.78 is 5.26. The zero-order valence-electron chi connectivity index (χ0n) is 8.40. The maximum Gasteiger partial charge on any atom is 0.376 e. The van der Waals surface area contributed by atoms with Gasteiger partial charge in [-0.25, -0.2) is 4.79 Å². The van der Waals surface area contributed by atoms with E-state index in [9.17, 15) is 4.79 Å². The van der Waals surface area contributed by atoms with E-state index in [1.807, 2.05) is 0 Å². The average molecular weight is 210 g/mol. The molecule has 0 atom stereocenters. The first-order valence-electron chi connectivity index (χ1n) is 5.14. The van der Waals surface area contributed by atoms with Gasteiger partial charge in [0.15, 0.2) is 0 Å². The Kier molecular flexibility index (Phi) is 2.84. The topological polar surface area (TPSA) is 93.9 Å². The van der Waals surface area contributed by atoms with Gasteiger partial charge < -0.3 is 10.5 Å². The van der Waals surface area contributed by atoms with Crippen molar-refractivity contribution in [1.82, 2.24) is 15.2 Å². The number of hydrogen-bond acceptors (Lipinski definition) is 5. The van der Waals surface area contributed by atoms with E-state index in [0.29, 0.717) is 0 Å². The first kappa shape index (κ1) is 9.95. The van der Waals surface area contributed by atoms with Crippen LogP contribution >= 0.6 is 0 Å². The van der Waals surface area contributed by atoms with Crippen LogP contribution < -0.4 is 5.73 Å². The van der Waals surface area contributed by atoms with E-state index < -0.39 is 5.97 Å². The molecule has 0 bridgehead atoms. The molecule has 0 amide bonds. The van der Waals surface area contributed by atoms with Crippen LogP contribution in [0, 0.1) is 0 Å². The Balaban J connectivity index is 1.91. The van der Waals surface area contributed by atoms with Crippen molar-refractivity contribution in [3.63, 3.8) is 0 Å². The fraction of sp³-hybridized carbons (Fsp3) is 0.667. The molecular formula is C9H14N4O2. The number of nitrogens with two attached hydrogens (primary N) is 1. The molecule has 1 aromatic heterocycles. The molecule has 2 rings (SSSR count). The van der Waals surface area contributed by atoms with E-state index >= 15 is 0 Å². The summed E-state index contributed by atoms with van der Waals surface area (Å²) >= 11 is 0. The molecule has 6 nitrogen and oxygen atoms in total. The van der Waals surface area contributed by atoms with Crippen molar-refractivity contribution in [3.8, 4) is 0 Å². The number of aromatic nitrogens is 3. The molecule has 1 fully saturated rings. The van der Waals surface area contributed by atoms with E-state index in [2.05, 4.69) is 15.2 Å². The summed E-state index contributed by atoms with van der Waals surface area (Å²) in [4.78, 5) is 15.2. The van der Waals surface area contributed by atoms with E-state index in [4.69, 9.17) is 10.5 Å². The van der Waals surface area contributed by atoms with Crippen LogP contribution in [-0.4, -0.2) is 27.3 Å². The molecule has 15 heavy (non-hydrogen) atoms. The number of rotatable bonds is 2. The molecule has 0 unspecified atom stereocenters. The molecule has 1 aliphatic carbocycles. The van der Waals surface area contributed by atoms with Gasteiger partial charge in [-0.15, -0.1) is 5.10 Å². The fourth-order valence-corrected chi connectivity index (χ4v) is 1.76. The van der Waals surface area contributed by atoms with Crippen LogP contribution in [0.15, 0.2) is 0 Å². The number of carbonyl (C=O) groups is 1. The molecule has 0 saturated heterocycles. The van der Waals surface area contributed by atoms with Crippen molar-refractivity contribution < 1.29 is 9.53 Å². The monoisotopic (exact) mass is 210 g/mol. The van der Waals surface area contributed by atoms with Crippen molar-refractivity contribution in [3.05, 3.63) is 5.82 Å². The summed E-state index contributed by atoms with van der Waals surface area (Å²) in [6.45, 7) is 0. The minimum atomic E-state index is -0.467. The summed E-state index contributed by atoms with van der Waals surface area (Å²) in [5.74, 6) is -0.324. The van der Waals surface area contributed by atoms with Crippen LogP contribution in [0.3, 0.4) is 0 Å². The van der Waals surface area contributed by atoms with Gasteiger partial charge in [-0.05, 0) is 25.7 Å². The zero-order chi connectivity index (χ0) is 10.7. The van der Waals surface area contributed by atoms with Crippen LogP contribution in [0.1, 0.15) is 42.7 Å². The maximum absolute atomic E-state index is 11.5. The third-order valence-electron chi connectivity index (χ3n) is 2.52. The molecule has 0 aromatic carbocycles. The minimum absolute atomic E-state index is 0.0255. The Morgan fingerprint density at radius 2 is 2.13 bits per heavy atom. The van der Waals surface area contributed by atoms with Gasteiger partial charge in [0.25, 0.3) is 0 Å². The second-order valence-electron chi connectivity index (χ2n) is 3.71. The lowest BCUT2D eigenvalue weighted by Gasteiger charge is -2.20. The van der Waals surface area contributed by atoms with Gasteiger partial charge in [0.2, 0.25) is 11.8 Å². The third-order valence-corrected chi connectivity index (χ3v) is 2.52. The van der Waals surface area contributed by atoms with E-state index in [1.54, 1.807) is 0 Å². The normalized spacial score (nSPS) is 17.6. The summed E-state index contributed by atoms with van der Waals surface area (Å²) in [7, 11) is 0. The molecule has 1 heterocycles. The van der Waals surface area contributed by atoms with Gasteiger partial charge in [0.05, 0.1) is 0 Å². The first-order chi connectivity index (χ1) is 7.25. The van der Waals surface area contributed by atoms with E-state index in [-0.39, 0.29) is 17.9 Å². The predicted molar refractivity (Wildman–Crippen MR) is 53.1 cm³/mol. The number of nitrogens with one attached hydrogen (secondary N) is 1. The van der Waals surface area contributed by atoms with E-state index in [0.717, 1.165) is 25.7 Å². The Labute approximate surface area is 87.2 Å². The van der Waals surface area contributed by atoms with Crippen LogP contribution in [0.2, 0.25) is 0 Å². The zero-order valence-corrected chi connectivity index (χ0v) is 8.40. The van der Waals surface area contributed by atoms with Crippen LogP contribution in [0.5, 0.6) is 0 Å². The Morgan fingerprint density at radius 1 is 1.40 bits per heavy atom. The lowest BCUT2D eigenvalue weighted by atomic mass is 9.98. The Morgan fingerprint density at radius 3 is 2.73 bits per heavy atom. The molecule has 0 radical (unpaired) electrons. The van der Waals surface area contributed by atoms with Crippen LogP contribution in [0.4, 0.5) is 5.95 Å². The molecule has 6 heteroatoms. The number of carbonyl (C=O) groups excluding carboxylic acids is 1. The fourth-order valence-electron chi connectivity index (χ4n) is 1.76. The van der Waals surface area contributed by atoms with Crippen molar-refractivity contribution in [2.75, 3.05) is 5.73 Å². The number of esters is 1. The number of aromatic amines is 1. The number of ether oxygens (including phenoxy) is 1. The highest BCUT2D eigenvalue weighted by Crippen LogP contribution is 2.20. The van der Waals surface area contributed by atoms with Gasteiger partial charge in [-0.1, -0.05) is 6.42 Å². The van der Waals surface area contributed by atoms with Gasteiger partial charge in [0.1, 0.15) is 6.10 Å². The van der Waals surface area contributed by atoms with Crippen molar-refractivity contribution in [1.29, 1.82) is 0 Å². The highest BCUT2D eigenvalue weighted by molar-refractivity contribution is 5.85. The highest BCUT2D eigenvalue weighted by Gasteiger charge is 2.20. The Bertz CT molecular complexity index is 344. The van der Waals surface area contributed by atoms with Gasteiger partial charge in [0, 0.05) is 0 Å². The van der Waals surface area contributed by atoms with Crippen molar-refractivity contribution in [2.45, 2.75) is 38.2 Å². The molecule has 3 N–H and O–H groups in total. The molecule has 0 spiro atoms. The second kappa shape index (κ2) is 4.29. The largest absolute Gasteiger partial charge is 0.457 e. The minimum Gasteiger partial charge on any atom is -0.457 e. The average Bonchev–Trinajstić information content (AvgIpc) is 2.66. The van der Waals surface area contributed by atoms with Crippen molar-refractivity contribution >= 4 is 11.9 Å². The van der Waals surface area contributed by atoms with Gasteiger partial charge in [-0.3, -0.25) is 5.10 Å². The number of anilines is 1. The summed E-state index contributed by atoms with van der Waals surface area (Å²) in [6, 6.07) is 0. The molecule has 1 aliphatic rings. The lowest BCUT2D eigenvalue weighted by Crippen LogP contribution is -2.21. The molecule has 1 saturated carbocycles. The van der Waals surface area contributed by atoms with Gasteiger partial charge in [-0.2, -0.15) is 4.98 Å². The number of H-pyrrole nitrogens is 1. The quantitative estimate of drug-likeness (QED) is 0.706. The smallest absolute Gasteiger partial charge is 0.376 e. The predicted octanol–water partition coefficient (Wildman–Crippen LogP) is 0.876.